The Kier molecular flexibility index (Phi) is 5.25. The molecule has 176 valence electrons. The van der Waals surface area contributed by atoms with Gasteiger partial charge in [0, 0.05) is 38.2 Å². The van der Waals surface area contributed by atoms with Crippen molar-refractivity contribution in [3.63, 3.8) is 0 Å². The number of H-pyrrole nitrogens is 1. The first-order chi connectivity index (χ1) is 16.5. The van der Waals surface area contributed by atoms with Crippen molar-refractivity contribution in [2.75, 3.05) is 18.2 Å². The largest absolute Gasteiger partial charge is 0.493 e. The van der Waals surface area contributed by atoms with Gasteiger partial charge in [0.25, 0.3) is 5.91 Å². The number of nitrogens with zero attached hydrogens (tertiary/aromatic N) is 4. The Labute approximate surface area is 198 Å². The van der Waals surface area contributed by atoms with Gasteiger partial charge in [-0.05, 0) is 62.1 Å². The van der Waals surface area contributed by atoms with Crippen LogP contribution in [0.25, 0.3) is 0 Å². The molecule has 0 fully saturated rings. The van der Waals surface area contributed by atoms with E-state index in [-0.39, 0.29) is 11.8 Å². The van der Waals surface area contributed by atoms with Gasteiger partial charge < -0.3 is 14.6 Å². The summed E-state index contributed by atoms with van der Waals surface area (Å²) in [5.74, 6) is 3.09. The van der Waals surface area contributed by atoms with Crippen LogP contribution in [0.3, 0.4) is 0 Å². The SMILES string of the molecule is CC(C)N1CCc2nc(C3COc4ccc(ON5C(=O)CCc6cccnc65)cc4C3)[nH]c2C1. The second-order valence-corrected chi connectivity index (χ2v) is 9.61. The Morgan fingerprint density at radius 3 is 2.97 bits per heavy atom. The summed E-state index contributed by atoms with van der Waals surface area (Å²) < 4.78 is 6.09. The number of rotatable bonds is 4. The maximum absolute atomic E-state index is 12.6. The fourth-order valence-corrected chi connectivity index (χ4v) is 5.04. The van der Waals surface area contributed by atoms with Crippen LogP contribution in [0.4, 0.5) is 5.82 Å². The second kappa shape index (κ2) is 8.43. The van der Waals surface area contributed by atoms with E-state index in [1.165, 1.54) is 16.5 Å². The summed E-state index contributed by atoms with van der Waals surface area (Å²) >= 11 is 0. The van der Waals surface area contributed by atoms with Crippen LogP contribution in [0.5, 0.6) is 11.5 Å². The second-order valence-electron chi connectivity index (χ2n) is 9.61. The minimum Gasteiger partial charge on any atom is -0.493 e. The average Bonchev–Trinajstić information content (AvgIpc) is 3.29. The number of nitrogens with one attached hydrogen (secondary N) is 1. The lowest BCUT2D eigenvalue weighted by atomic mass is 9.96. The van der Waals surface area contributed by atoms with Gasteiger partial charge in [-0.25, -0.2) is 9.97 Å². The minimum atomic E-state index is -0.0883. The molecule has 1 unspecified atom stereocenters. The number of pyridine rings is 1. The minimum absolute atomic E-state index is 0.0883. The summed E-state index contributed by atoms with van der Waals surface area (Å²) in [5, 5.41) is 1.32. The number of amides is 1. The Morgan fingerprint density at radius 1 is 1.18 bits per heavy atom. The number of ether oxygens (including phenoxy) is 1. The van der Waals surface area contributed by atoms with Gasteiger partial charge in [0.1, 0.15) is 11.6 Å². The number of hydrogen-bond donors (Lipinski definition) is 1. The molecule has 8 heteroatoms. The molecule has 8 nitrogen and oxygen atoms in total. The standard InChI is InChI=1S/C26H29N5O3/c1-16(2)30-11-9-21-22(14-30)29-25(28-21)19-12-18-13-20(6-7-23(18)33-15-19)34-31-24(32)8-5-17-4-3-10-27-26(17)31/h3-4,6-7,10,13,16,19H,5,8-9,11-12,14-15H2,1-2H3,(H,28,29). The molecule has 3 aliphatic rings. The number of aromatic nitrogens is 3. The highest BCUT2D eigenvalue weighted by molar-refractivity contribution is 5.93. The number of carbonyl (C=O) groups excluding carboxylic acids is 1. The van der Waals surface area contributed by atoms with Crippen molar-refractivity contribution in [3.8, 4) is 11.5 Å². The molecule has 0 radical (unpaired) electrons. The number of aryl methyl sites for hydroxylation is 1. The molecule has 3 aromatic rings. The topological polar surface area (TPSA) is 83.6 Å². The van der Waals surface area contributed by atoms with Gasteiger partial charge in [0.05, 0.1) is 23.9 Å². The van der Waals surface area contributed by atoms with Crippen molar-refractivity contribution >= 4 is 11.7 Å². The fourth-order valence-electron chi connectivity index (χ4n) is 5.04. The van der Waals surface area contributed by atoms with Crippen molar-refractivity contribution in [3.05, 3.63) is 64.9 Å². The van der Waals surface area contributed by atoms with E-state index in [0.717, 1.165) is 48.6 Å². The van der Waals surface area contributed by atoms with E-state index in [4.69, 9.17) is 14.6 Å². The van der Waals surface area contributed by atoms with Crippen LogP contribution >= 0.6 is 0 Å². The van der Waals surface area contributed by atoms with Crippen molar-refractivity contribution < 1.29 is 14.4 Å². The lowest BCUT2D eigenvalue weighted by Gasteiger charge is -2.29. The predicted molar refractivity (Wildman–Crippen MR) is 127 cm³/mol. The van der Waals surface area contributed by atoms with Crippen LogP contribution in [0, 0.1) is 0 Å². The highest BCUT2D eigenvalue weighted by Crippen LogP contribution is 2.36. The molecule has 1 N–H and O–H groups in total. The van der Waals surface area contributed by atoms with E-state index in [2.05, 4.69) is 28.7 Å². The van der Waals surface area contributed by atoms with Gasteiger partial charge in [-0.2, -0.15) is 0 Å². The molecule has 6 rings (SSSR count). The quantitative estimate of drug-likeness (QED) is 0.642. The Bertz CT molecular complexity index is 1240. The molecular weight excluding hydrogens is 430 g/mol. The van der Waals surface area contributed by atoms with Gasteiger partial charge in [0.2, 0.25) is 0 Å². The lowest BCUT2D eigenvalue weighted by molar-refractivity contribution is -0.123. The first kappa shape index (κ1) is 21.2. The highest BCUT2D eigenvalue weighted by atomic mass is 16.7. The van der Waals surface area contributed by atoms with Crippen molar-refractivity contribution in [1.82, 2.24) is 19.9 Å². The normalized spacial score (nSPS) is 19.9. The fraction of sp³-hybridized carbons (Fsp3) is 0.423. The van der Waals surface area contributed by atoms with E-state index in [1.54, 1.807) is 6.20 Å². The van der Waals surface area contributed by atoms with Gasteiger partial charge in [0.15, 0.2) is 11.6 Å². The van der Waals surface area contributed by atoms with Crippen molar-refractivity contribution in [2.45, 2.75) is 58.0 Å². The molecule has 1 aromatic carbocycles. The molecule has 0 saturated heterocycles. The number of carbonyl (C=O) groups is 1. The van der Waals surface area contributed by atoms with Crippen LogP contribution in [-0.4, -0.2) is 45.0 Å². The Hall–Kier alpha value is -3.39. The number of hydrogen-bond acceptors (Lipinski definition) is 6. The van der Waals surface area contributed by atoms with E-state index in [1.807, 2.05) is 30.3 Å². The summed E-state index contributed by atoms with van der Waals surface area (Å²) in [7, 11) is 0. The first-order valence-electron chi connectivity index (χ1n) is 12.1. The third kappa shape index (κ3) is 3.81. The Balaban J connectivity index is 1.21. The molecular formula is C26H29N5O3. The van der Waals surface area contributed by atoms with E-state index in [0.29, 0.717) is 37.1 Å². The summed E-state index contributed by atoms with van der Waals surface area (Å²) in [6.45, 7) is 7.03. The predicted octanol–water partition coefficient (Wildman–Crippen LogP) is 3.56. The number of imidazole rings is 1. The molecule has 5 heterocycles. The van der Waals surface area contributed by atoms with E-state index < -0.39 is 0 Å². The molecule has 1 atom stereocenters. The third-order valence-corrected chi connectivity index (χ3v) is 7.03. The summed E-state index contributed by atoms with van der Waals surface area (Å²) in [4.78, 5) is 34.0. The lowest BCUT2D eigenvalue weighted by Crippen LogP contribution is -2.38. The van der Waals surface area contributed by atoms with Crippen LogP contribution < -0.4 is 14.6 Å². The molecule has 3 aliphatic heterocycles. The van der Waals surface area contributed by atoms with Crippen molar-refractivity contribution in [2.24, 2.45) is 0 Å². The zero-order valence-corrected chi connectivity index (χ0v) is 19.6. The molecule has 1 amide bonds. The number of fused-ring (bicyclic) bond motifs is 3. The molecule has 0 bridgehead atoms. The van der Waals surface area contributed by atoms with Crippen LogP contribution in [0.1, 0.15) is 54.5 Å². The number of hydroxylamine groups is 1. The summed E-state index contributed by atoms with van der Waals surface area (Å²) in [5.41, 5.74) is 4.48. The van der Waals surface area contributed by atoms with E-state index >= 15 is 0 Å². The number of anilines is 1. The van der Waals surface area contributed by atoms with E-state index in [9.17, 15) is 4.79 Å². The number of aromatic amines is 1. The Morgan fingerprint density at radius 2 is 2.09 bits per heavy atom. The van der Waals surface area contributed by atoms with Gasteiger partial charge >= 0.3 is 0 Å². The maximum Gasteiger partial charge on any atom is 0.262 e. The maximum atomic E-state index is 12.6. The molecule has 0 saturated carbocycles. The monoisotopic (exact) mass is 459 g/mol. The molecule has 0 spiro atoms. The number of benzene rings is 1. The van der Waals surface area contributed by atoms with Gasteiger partial charge in [-0.1, -0.05) is 6.07 Å². The van der Waals surface area contributed by atoms with Crippen LogP contribution in [-0.2, 0) is 30.6 Å². The first-order valence-corrected chi connectivity index (χ1v) is 12.1. The summed E-state index contributed by atoms with van der Waals surface area (Å²) in [6, 6.07) is 10.1. The van der Waals surface area contributed by atoms with Gasteiger partial charge in [-0.3, -0.25) is 9.69 Å². The average molecular weight is 460 g/mol. The van der Waals surface area contributed by atoms with Crippen LogP contribution in [0.2, 0.25) is 0 Å². The molecule has 0 aliphatic carbocycles. The highest BCUT2D eigenvalue weighted by Gasteiger charge is 2.30. The summed E-state index contributed by atoms with van der Waals surface area (Å²) in [6.07, 6.45) is 4.55. The molecule has 2 aromatic heterocycles. The van der Waals surface area contributed by atoms with Crippen LogP contribution in [0.15, 0.2) is 36.5 Å². The third-order valence-electron chi connectivity index (χ3n) is 7.03. The zero-order chi connectivity index (χ0) is 23.2. The molecule has 34 heavy (non-hydrogen) atoms. The smallest absolute Gasteiger partial charge is 0.262 e. The zero-order valence-electron chi connectivity index (χ0n) is 19.6. The van der Waals surface area contributed by atoms with Crippen molar-refractivity contribution in [1.29, 1.82) is 0 Å². The van der Waals surface area contributed by atoms with Gasteiger partial charge in [-0.15, -0.1) is 5.06 Å².